The summed E-state index contributed by atoms with van der Waals surface area (Å²) in [5, 5.41) is 14.9. The molecule has 1 aromatic carbocycles. The lowest BCUT2D eigenvalue weighted by atomic mass is 9.87. The van der Waals surface area contributed by atoms with Crippen molar-refractivity contribution in [3.63, 3.8) is 0 Å². The Labute approximate surface area is 134 Å². The average molecular weight is 326 g/mol. The van der Waals surface area contributed by atoms with Crippen molar-refractivity contribution in [2.24, 2.45) is 0 Å². The van der Waals surface area contributed by atoms with Crippen LogP contribution in [0, 0.1) is 5.82 Å². The SMILES string of the molecule is CSCC(CCO)NC(=O)NC1CCCc2cc(F)ccc21. The van der Waals surface area contributed by atoms with Gasteiger partial charge in [-0.3, -0.25) is 0 Å². The Hall–Kier alpha value is -1.27. The molecule has 2 amide bonds. The van der Waals surface area contributed by atoms with Gasteiger partial charge in [0.2, 0.25) is 0 Å². The van der Waals surface area contributed by atoms with E-state index in [-0.39, 0.29) is 30.5 Å². The summed E-state index contributed by atoms with van der Waals surface area (Å²) in [7, 11) is 0. The molecule has 122 valence electrons. The second-order valence-corrected chi connectivity index (χ2v) is 6.48. The maximum absolute atomic E-state index is 13.3. The highest BCUT2D eigenvalue weighted by Crippen LogP contribution is 2.30. The van der Waals surface area contributed by atoms with Crippen LogP contribution in [0.2, 0.25) is 0 Å². The first-order chi connectivity index (χ1) is 10.6. The van der Waals surface area contributed by atoms with E-state index in [2.05, 4.69) is 10.6 Å². The Balaban J connectivity index is 1.98. The highest BCUT2D eigenvalue weighted by atomic mass is 32.2. The average Bonchev–Trinajstić information content (AvgIpc) is 2.47. The van der Waals surface area contributed by atoms with Gasteiger partial charge in [0.25, 0.3) is 0 Å². The molecule has 0 aliphatic heterocycles. The van der Waals surface area contributed by atoms with Gasteiger partial charge in [0.15, 0.2) is 0 Å². The largest absolute Gasteiger partial charge is 0.396 e. The number of hydrogen-bond donors (Lipinski definition) is 3. The van der Waals surface area contributed by atoms with Crippen LogP contribution >= 0.6 is 11.8 Å². The molecule has 0 aromatic heterocycles. The van der Waals surface area contributed by atoms with Crippen molar-refractivity contribution >= 4 is 17.8 Å². The summed E-state index contributed by atoms with van der Waals surface area (Å²) in [6.45, 7) is 0.0526. The van der Waals surface area contributed by atoms with Crippen molar-refractivity contribution in [3.05, 3.63) is 35.1 Å². The molecular formula is C16H23FN2O2S. The molecule has 0 spiro atoms. The van der Waals surface area contributed by atoms with Gasteiger partial charge in [-0.05, 0) is 55.2 Å². The van der Waals surface area contributed by atoms with Crippen molar-refractivity contribution in [3.8, 4) is 0 Å². The molecule has 0 fully saturated rings. The number of nitrogens with one attached hydrogen (secondary N) is 2. The van der Waals surface area contributed by atoms with Crippen molar-refractivity contribution in [1.82, 2.24) is 10.6 Å². The van der Waals surface area contributed by atoms with Gasteiger partial charge in [-0.25, -0.2) is 9.18 Å². The van der Waals surface area contributed by atoms with E-state index in [9.17, 15) is 9.18 Å². The minimum atomic E-state index is -0.230. The molecule has 1 aliphatic carbocycles. The fourth-order valence-electron chi connectivity index (χ4n) is 2.87. The molecular weight excluding hydrogens is 303 g/mol. The summed E-state index contributed by atoms with van der Waals surface area (Å²) in [5.41, 5.74) is 1.99. The predicted molar refractivity (Wildman–Crippen MR) is 87.6 cm³/mol. The number of hydrogen-bond acceptors (Lipinski definition) is 3. The van der Waals surface area contributed by atoms with E-state index in [4.69, 9.17) is 5.11 Å². The molecule has 2 atom stereocenters. The summed E-state index contributed by atoms with van der Waals surface area (Å²) < 4.78 is 13.3. The number of aryl methyl sites for hydroxylation is 1. The van der Waals surface area contributed by atoms with E-state index in [1.54, 1.807) is 23.9 Å². The number of benzene rings is 1. The first-order valence-electron chi connectivity index (χ1n) is 7.59. The van der Waals surface area contributed by atoms with E-state index in [1.807, 2.05) is 6.26 Å². The molecule has 2 rings (SSSR count). The van der Waals surface area contributed by atoms with Crippen LogP contribution in [0.15, 0.2) is 18.2 Å². The Bertz CT molecular complexity index is 507. The third-order valence-electron chi connectivity index (χ3n) is 3.91. The molecule has 0 saturated carbocycles. The second kappa shape index (κ2) is 8.39. The molecule has 2 unspecified atom stereocenters. The number of aliphatic hydroxyl groups excluding tert-OH is 1. The van der Waals surface area contributed by atoms with Crippen molar-refractivity contribution in [2.45, 2.75) is 37.8 Å². The summed E-state index contributed by atoms with van der Waals surface area (Å²) in [6.07, 6.45) is 5.16. The molecule has 0 bridgehead atoms. The van der Waals surface area contributed by atoms with Crippen molar-refractivity contribution < 1.29 is 14.3 Å². The summed E-state index contributed by atoms with van der Waals surface area (Å²) in [4.78, 5) is 12.2. The van der Waals surface area contributed by atoms with Gasteiger partial charge in [0, 0.05) is 18.4 Å². The molecule has 1 aliphatic rings. The zero-order valence-corrected chi connectivity index (χ0v) is 13.6. The zero-order chi connectivity index (χ0) is 15.9. The topological polar surface area (TPSA) is 61.4 Å². The summed E-state index contributed by atoms with van der Waals surface area (Å²) in [5.74, 6) is 0.535. The molecule has 6 heteroatoms. The number of amides is 2. The Morgan fingerprint density at radius 2 is 2.36 bits per heavy atom. The highest BCUT2D eigenvalue weighted by molar-refractivity contribution is 7.98. The van der Waals surface area contributed by atoms with Gasteiger partial charge in [0.1, 0.15) is 5.82 Å². The number of fused-ring (bicyclic) bond motifs is 1. The van der Waals surface area contributed by atoms with E-state index in [0.29, 0.717) is 6.42 Å². The standard InChI is InChI=1S/C16H23FN2O2S/c1-22-10-13(7-8-20)18-16(21)19-15-4-2-3-11-9-12(17)5-6-14(11)15/h5-6,9,13,15,20H,2-4,7-8,10H2,1H3,(H2,18,19,21). The smallest absolute Gasteiger partial charge is 0.315 e. The lowest BCUT2D eigenvalue weighted by Crippen LogP contribution is -2.45. The van der Waals surface area contributed by atoms with Crippen LogP contribution in [0.4, 0.5) is 9.18 Å². The number of carbonyl (C=O) groups excluding carboxylic acids is 1. The van der Waals surface area contributed by atoms with E-state index in [0.717, 1.165) is 36.1 Å². The number of thioether (sulfide) groups is 1. The Morgan fingerprint density at radius 3 is 3.09 bits per heavy atom. The molecule has 22 heavy (non-hydrogen) atoms. The molecule has 1 aromatic rings. The minimum absolute atomic E-state index is 0.0451. The number of halogens is 1. The maximum Gasteiger partial charge on any atom is 0.315 e. The van der Waals surface area contributed by atoms with Gasteiger partial charge < -0.3 is 15.7 Å². The fraction of sp³-hybridized carbons (Fsp3) is 0.562. The molecule has 0 heterocycles. The van der Waals surface area contributed by atoms with Crippen LogP contribution in [0.3, 0.4) is 0 Å². The molecule has 4 nitrogen and oxygen atoms in total. The first-order valence-corrected chi connectivity index (χ1v) is 8.98. The zero-order valence-electron chi connectivity index (χ0n) is 12.8. The summed E-state index contributed by atoms with van der Waals surface area (Å²) in [6, 6.07) is 4.42. The van der Waals surface area contributed by atoms with Crippen LogP contribution in [-0.2, 0) is 6.42 Å². The Morgan fingerprint density at radius 1 is 1.55 bits per heavy atom. The molecule has 0 saturated heterocycles. The van der Waals surface area contributed by atoms with Gasteiger partial charge >= 0.3 is 6.03 Å². The number of urea groups is 1. The third kappa shape index (κ3) is 4.61. The third-order valence-corrected chi connectivity index (χ3v) is 4.64. The predicted octanol–water partition coefficient (Wildman–Crippen LogP) is 2.62. The Kier molecular flexibility index (Phi) is 6.51. The monoisotopic (exact) mass is 326 g/mol. The van der Waals surface area contributed by atoms with Crippen LogP contribution in [0.5, 0.6) is 0 Å². The quantitative estimate of drug-likeness (QED) is 0.753. The van der Waals surface area contributed by atoms with E-state index in [1.165, 1.54) is 6.07 Å². The van der Waals surface area contributed by atoms with Gasteiger partial charge in [-0.1, -0.05) is 6.07 Å². The number of rotatable bonds is 6. The highest BCUT2D eigenvalue weighted by Gasteiger charge is 2.23. The molecule has 0 radical (unpaired) electrons. The minimum Gasteiger partial charge on any atom is -0.396 e. The summed E-state index contributed by atoms with van der Waals surface area (Å²) >= 11 is 1.63. The van der Waals surface area contributed by atoms with Gasteiger partial charge in [-0.2, -0.15) is 11.8 Å². The van der Waals surface area contributed by atoms with Crippen LogP contribution in [0.25, 0.3) is 0 Å². The lowest BCUT2D eigenvalue weighted by Gasteiger charge is -2.27. The maximum atomic E-state index is 13.3. The van der Waals surface area contributed by atoms with Crippen molar-refractivity contribution in [1.29, 1.82) is 0 Å². The van der Waals surface area contributed by atoms with Gasteiger partial charge in [0.05, 0.1) is 6.04 Å². The fourth-order valence-corrected chi connectivity index (χ4v) is 3.52. The first kappa shape index (κ1) is 17.1. The van der Waals surface area contributed by atoms with E-state index >= 15 is 0 Å². The number of carbonyl (C=O) groups is 1. The van der Waals surface area contributed by atoms with Crippen LogP contribution in [-0.4, -0.2) is 35.8 Å². The van der Waals surface area contributed by atoms with Crippen LogP contribution in [0.1, 0.15) is 36.4 Å². The second-order valence-electron chi connectivity index (χ2n) is 5.57. The van der Waals surface area contributed by atoms with E-state index < -0.39 is 0 Å². The molecule has 3 N–H and O–H groups in total. The van der Waals surface area contributed by atoms with Crippen LogP contribution < -0.4 is 10.6 Å². The van der Waals surface area contributed by atoms with Gasteiger partial charge in [-0.15, -0.1) is 0 Å². The lowest BCUT2D eigenvalue weighted by molar-refractivity contribution is 0.226. The number of aliphatic hydroxyl groups is 1. The normalized spacial score (nSPS) is 18.4. The van der Waals surface area contributed by atoms with Crippen molar-refractivity contribution in [2.75, 3.05) is 18.6 Å².